The molecule has 2 heterocycles. The van der Waals surface area contributed by atoms with E-state index in [2.05, 4.69) is 34.3 Å². The van der Waals surface area contributed by atoms with Gasteiger partial charge in [0.05, 0.1) is 6.04 Å². The van der Waals surface area contributed by atoms with E-state index < -0.39 is 0 Å². The van der Waals surface area contributed by atoms with E-state index in [1.165, 1.54) is 29.5 Å². The highest BCUT2D eigenvalue weighted by Gasteiger charge is 2.29. The molecule has 1 aromatic carbocycles. The van der Waals surface area contributed by atoms with Gasteiger partial charge in [0, 0.05) is 26.1 Å². The summed E-state index contributed by atoms with van der Waals surface area (Å²) in [6.07, 6.45) is 9.54. The predicted molar refractivity (Wildman–Crippen MR) is 106 cm³/mol. The molecule has 2 aliphatic rings. The third-order valence-electron chi connectivity index (χ3n) is 5.66. The number of anilines is 1. The summed E-state index contributed by atoms with van der Waals surface area (Å²) in [5.74, 6) is 0.863. The van der Waals surface area contributed by atoms with Gasteiger partial charge in [-0.25, -0.2) is 0 Å². The Morgan fingerprint density at radius 1 is 1.19 bits per heavy atom. The molecule has 4 heteroatoms. The zero-order valence-electron chi connectivity index (χ0n) is 15.4. The summed E-state index contributed by atoms with van der Waals surface area (Å²) in [7, 11) is 0. The number of carbonyl (C=O) groups is 1. The van der Waals surface area contributed by atoms with E-state index >= 15 is 0 Å². The first-order valence-corrected chi connectivity index (χ1v) is 9.75. The number of aromatic nitrogens is 1. The van der Waals surface area contributed by atoms with Crippen molar-refractivity contribution in [2.75, 3.05) is 11.9 Å². The molecule has 2 aromatic rings. The Balaban J connectivity index is 0.00000210. The summed E-state index contributed by atoms with van der Waals surface area (Å²) in [6, 6.07) is 10.4. The minimum absolute atomic E-state index is 0. The molecular formula is C22H29N3O. The van der Waals surface area contributed by atoms with Crippen LogP contribution in [-0.4, -0.2) is 28.4 Å². The largest absolute Gasteiger partial charge is 0.325 e. The smallest absolute Gasteiger partial charge is 0.241 e. The van der Waals surface area contributed by atoms with E-state index in [0.717, 1.165) is 44.0 Å². The van der Waals surface area contributed by atoms with Crippen molar-refractivity contribution < 1.29 is 6.22 Å². The third kappa shape index (κ3) is 3.96. The van der Waals surface area contributed by atoms with Gasteiger partial charge in [-0.05, 0) is 80.0 Å². The van der Waals surface area contributed by atoms with Crippen molar-refractivity contribution >= 4 is 11.6 Å². The number of nitrogens with one attached hydrogen (secondary N) is 1. The van der Waals surface area contributed by atoms with E-state index in [4.69, 9.17) is 0 Å². The number of carbonyl (C=O) groups excluding carboxylic acids is 1. The minimum atomic E-state index is -0.0635. The molecule has 1 aliphatic carbocycles. The van der Waals surface area contributed by atoms with Gasteiger partial charge in [-0.15, -0.1) is 0 Å². The van der Waals surface area contributed by atoms with E-state index in [-0.39, 0.29) is 13.4 Å². The van der Waals surface area contributed by atoms with Gasteiger partial charge in [0.2, 0.25) is 5.91 Å². The standard InChI is InChI=1S/C22H27N3O.H2/c1-16-11-12-23-14-19(16)15-25-13-3-2-4-21(25)22(26)24-20-9-7-18(8-10-20)17-5-6-17;/h7-12,14,17,21H,2-6,13,15H2,1H3,(H,24,26);1H/t21-;/m1./s1. The molecule has 2 fully saturated rings. The molecule has 1 N–H and O–H groups in total. The van der Waals surface area contributed by atoms with Crippen LogP contribution in [0.15, 0.2) is 42.7 Å². The molecule has 1 amide bonds. The monoisotopic (exact) mass is 351 g/mol. The third-order valence-corrected chi connectivity index (χ3v) is 5.66. The summed E-state index contributed by atoms with van der Waals surface area (Å²) < 4.78 is 0. The van der Waals surface area contributed by atoms with Gasteiger partial charge in [0.15, 0.2) is 0 Å². The molecule has 4 nitrogen and oxygen atoms in total. The van der Waals surface area contributed by atoms with E-state index in [1.54, 1.807) is 0 Å². The Morgan fingerprint density at radius 2 is 2.00 bits per heavy atom. The fourth-order valence-electron chi connectivity index (χ4n) is 3.84. The van der Waals surface area contributed by atoms with Crippen molar-refractivity contribution in [2.24, 2.45) is 0 Å². The van der Waals surface area contributed by atoms with Crippen molar-refractivity contribution in [3.05, 3.63) is 59.4 Å². The average molecular weight is 351 g/mol. The predicted octanol–water partition coefficient (Wildman–Crippen LogP) is 4.51. The van der Waals surface area contributed by atoms with E-state index in [1.807, 2.05) is 30.6 Å². The van der Waals surface area contributed by atoms with Crippen LogP contribution in [0.3, 0.4) is 0 Å². The highest BCUT2D eigenvalue weighted by atomic mass is 16.2. The number of benzene rings is 1. The second kappa shape index (κ2) is 7.58. The van der Waals surface area contributed by atoms with Gasteiger partial charge in [-0.2, -0.15) is 0 Å². The van der Waals surface area contributed by atoms with Gasteiger partial charge in [-0.3, -0.25) is 14.7 Å². The van der Waals surface area contributed by atoms with Crippen LogP contribution in [0.4, 0.5) is 5.69 Å². The quantitative estimate of drug-likeness (QED) is 0.862. The Kier molecular flexibility index (Phi) is 5.02. The number of rotatable bonds is 5. The second-order valence-electron chi connectivity index (χ2n) is 7.67. The van der Waals surface area contributed by atoms with Crippen molar-refractivity contribution in [3.8, 4) is 0 Å². The minimum Gasteiger partial charge on any atom is -0.325 e. The van der Waals surface area contributed by atoms with Crippen LogP contribution in [0.25, 0.3) is 0 Å². The molecule has 0 unspecified atom stereocenters. The Morgan fingerprint density at radius 3 is 2.73 bits per heavy atom. The van der Waals surface area contributed by atoms with Crippen molar-refractivity contribution in [1.82, 2.24) is 9.88 Å². The molecule has 1 saturated heterocycles. The molecule has 1 saturated carbocycles. The molecule has 4 rings (SSSR count). The lowest BCUT2D eigenvalue weighted by Gasteiger charge is -2.34. The lowest BCUT2D eigenvalue weighted by Crippen LogP contribution is -2.46. The second-order valence-corrected chi connectivity index (χ2v) is 7.67. The fraction of sp³-hybridized carbons (Fsp3) is 0.455. The van der Waals surface area contributed by atoms with Crippen molar-refractivity contribution in [1.29, 1.82) is 0 Å². The number of nitrogens with zero attached hydrogens (tertiary/aromatic N) is 2. The number of aryl methyl sites for hydroxylation is 1. The normalized spacial score (nSPS) is 20.7. The van der Waals surface area contributed by atoms with E-state index in [0.29, 0.717) is 0 Å². The topological polar surface area (TPSA) is 45.2 Å². The molecule has 1 aliphatic heterocycles. The Labute approximate surface area is 157 Å². The maximum Gasteiger partial charge on any atom is 0.241 e. The first-order valence-electron chi connectivity index (χ1n) is 9.75. The van der Waals surface area contributed by atoms with Crippen molar-refractivity contribution in [3.63, 3.8) is 0 Å². The number of pyridine rings is 1. The zero-order chi connectivity index (χ0) is 17.9. The lowest BCUT2D eigenvalue weighted by atomic mass is 9.99. The molecule has 1 atom stereocenters. The van der Waals surface area contributed by atoms with Crippen LogP contribution in [0.1, 0.15) is 56.1 Å². The van der Waals surface area contributed by atoms with E-state index in [9.17, 15) is 4.79 Å². The van der Waals surface area contributed by atoms with Crippen LogP contribution in [0.5, 0.6) is 0 Å². The number of piperidine rings is 1. The fourth-order valence-corrected chi connectivity index (χ4v) is 3.84. The Bertz CT molecular complexity index is 773. The Hall–Kier alpha value is -2.20. The maximum absolute atomic E-state index is 12.9. The number of likely N-dealkylation sites (tertiary alicyclic amines) is 1. The van der Waals surface area contributed by atoms with Gasteiger partial charge < -0.3 is 5.32 Å². The highest BCUT2D eigenvalue weighted by molar-refractivity contribution is 5.94. The molecule has 1 aromatic heterocycles. The average Bonchev–Trinajstić information content (AvgIpc) is 3.50. The summed E-state index contributed by atoms with van der Waals surface area (Å²) in [5, 5.41) is 3.13. The zero-order valence-corrected chi connectivity index (χ0v) is 15.4. The molecule has 0 spiro atoms. The van der Waals surface area contributed by atoms with Gasteiger partial charge in [0.1, 0.15) is 0 Å². The van der Waals surface area contributed by atoms with Gasteiger partial charge in [0.25, 0.3) is 0 Å². The number of amides is 1. The first kappa shape index (κ1) is 17.2. The summed E-state index contributed by atoms with van der Waals surface area (Å²) in [4.78, 5) is 19.5. The molecular weight excluding hydrogens is 322 g/mol. The molecule has 0 radical (unpaired) electrons. The van der Waals surface area contributed by atoms with Crippen LogP contribution in [0.2, 0.25) is 0 Å². The molecule has 0 bridgehead atoms. The van der Waals surface area contributed by atoms with Crippen LogP contribution in [-0.2, 0) is 11.3 Å². The SMILES string of the molecule is Cc1ccncc1CN1CCCC[C@@H]1C(=O)Nc1ccc(C2CC2)cc1.[HH]. The lowest BCUT2D eigenvalue weighted by molar-refractivity contribution is -0.122. The summed E-state index contributed by atoms with van der Waals surface area (Å²) >= 11 is 0. The highest BCUT2D eigenvalue weighted by Crippen LogP contribution is 2.40. The number of hydrogen-bond donors (Lipinski definition) is 1. The summed E-state index contributed by atoms with van der Waals surface area (Å²) in [5.41, 5.74) is 4.75. The first-order chi connectivity index (χ1) is 12.7. The van der Waals surface area contributed by atoms with Crippen LogP contribution in [0, 0.1) is 6.92 Å². The maximum atomic E-state index is 12.9. The summed E-state index contributed by atoms with van der Waals surface area (Å²) in [6.45, 7) is 3.86. The van der Waals surface area contributed by atoms with Crippen molar-refractivity contribution in [2.45, 2.75) is 57.5 Å². The van der Waals surface area contributed by atoms with Crippen LogP contribution < -0.4 is 5.32 Å². The van der Waals surface area contributed by atoms with Crippen LogP contribution >= 0.6 is 0 Å². The molecule has 138 valence electrons. The molecule has 26 heavy (non-hydrogen) atoms. The van der Waals surface area contributed by atoms with Gasteiger partial charge in [-0.1, -0.05) is 18.6 Å². The van der Waals surface area contributed by atoms with Gasteiger partial charge >= 0.3 is 0 Å². The number of hydrogen-bond acceptors (Lipinski definition) is 3.